The maximum atomic E-state index is 11.7. The first kappa shape index (κ1) is 21.1. The molecule has 3 N–H and O–H groups in total. The molecule has 6 nitrogen and oxygen atoms in total. The largest absolute Gasteiger partial charge is 0.480 e. The van der Waals surface area contributed by atoms with Gasteiger partial charge in [-0.25, -0.2) is 0 Å². The Balaban J connectivity index is 0.000000236. The van der Waals surface area contributed by atoms with E-state index < -0.39 is 18.0 Å². The highest BCUT2D eigenvalue weighted by Crippen LogP contribution is 2.33. The second-order valence-electron chi connectivity index (χ2n) is 6.46. The first-order chi connectivity index (χ1) is 13.5. The molecule has 2 atom stereocenters. The van der Waals surface area contributed by atoms with E-state index >= 15 is 0 Å². The Bertz CT molecular complexity index is 839. The molecule has 1 aromatic heterocycles. The molecule has 1 fully saturated rings. The smallest absolute Gasteiger partial charge is 0.325 e. The molecule has 150 valence electrons. The van der Waals surface area contributed by atoms with Crippen LogP contribution in [0.5, 0.6) is 0 Å². The zero-order valence-corrected chi connectivity index (χ0v) is 17.4. The lowest BCUT2D eigenvalue weighted by Gasteiger charge is -2.32. The highest BCUT2D eigenvalue weighted by atomic mass is 35.5. The molecule has 0 radical (unpaired) electrons. The molecule has 0 aliphatic carbocycles. The normalized spacial score (nSPS) is 20.0. The number of hydrogen-bond donors (Lipinski definition) is 3. The third-order valence-electron chi connectivity index (χ3n) is 4.65. The van der Waals surface area contributed by atoms with E-state index in [-0.39, 0.29) is 6.04 Å². The van der Waals surface area contributed by atoms with Crippen molar-refractivity contribution in [1.29, 1.82) is 0 Å². The van der Waals surface area contributed by atoms with Gasteiger partial charge < -0.3 is 10.2 Å². The van der Waals surface area contributed by atoms with Crippen LogP contribution in [-0.4, -0.2) is 51.3 Å². The van der Waals surface area contributed by atoms with Crippen LogP contribution in [0.3, 0.4) is 0 Å². The van der Waals surface area contributed by atoms with E-state index in [1.54, 1.807) is 35.2 Å². The molecule has 1 unspecified atom stereocenters. The van der Waals surface area contributed by atoms with Crippen LogP contribution in [0.25, 0.3) is 0 Å². The van der Waals surface area contributed by atoms with Crippen LogP contribution >= 0.6 is 34.7 Å². The van der Waals surface area contributed by atoms with E-state index in [0.29, 0.717) is 22.9 Å². The molecular weight excluding hydrogens is 420 g/mol. The van der Waals surface area contributed by atoms with Gasteiger partial charge in [-0.05, 0) is 35.1 Å². The number of thiophene rings is 1. The Labute approximate surface area is 176 Å². The quantitative estimate of drug-likeness (QED) is 0.671. The van der Waals surface area contributed by atoms with Crippen molar-refractivity contribution in [2.75, 3.05) is 18.2 Å². The number of nitrogens with one attached hydrogen (secondary N) is 1. The summed E-state index contributed by atoms with van der Waals surface area (Å²) in [6.45, 7) is 1.41. The van der Waals surface area contributed by atoms with E-state index in [4.69, 9.17) is 16.7 Å². The lowest BCUT2D eigenvalue weighted by molar-refractivity contribution is -0.144. The molecule has 0 amide bonds. The maximum Gasteiger partial charge on any atom is 0.325 e. The van der Waals surface area contributed by atoms with Crippen LogP contribution in [0.1, 0.15) is 22.0 Å². The summed E-state index contributed by atoms with van der Waals surface area (Å²) < 4.78 is 0. The highest BCUT2D eigenvalue weighted by molar-refractivity contribution is 7.99. The summed E-state index contributed by atoms with van der Waals surface area (Å²) in [6, 6.07) is 8.28. The van der Waals surface area contributed by atoms with Crippen molar-refractivity contribution in [3.63, 3.8) is 0 Å². The van der Waals surface area contributed by atoms with Gasteiger partial charge in [0, 0.05) is 34.6 Å². The number of aliphatic carboxylic acids is 2. The molecule has 1 saturated heterocycles. The number of fused-ring (bicyclic) bond motifs is 1. The van der Waals surface area contributed by atoms with Crippen LogP contribution in [0, 0.1) is 0 Å². The Kier molecular flexibility index (Phi) is 7.36. The fourth-order valence-corrected chi connectivity index (χ4v) is 5.29. The van der Waals surface area contributed by atoms with Gasteiger partial charge in [0.05, 0.1) is 0 Å². The zero-order valence-electron chi connectivity index (χ0n) is 15.0. The van der Waals surface area contributed by atoms with Crippen LogP contribution < -0.4 is 5.32 Å². The van der Waals surface area contributed by atoms with Gasteiger partial charge in [-0.15, -0.1) is 23.1 Å². The fraction of sp³-hybridized carbons (Fsp3) is 0.368. The minimum atomic E-state index is -0.850. The number of hydrogen-bond acceptors (Lipinski definition) is 6. The van der Waals surface area contributed by atoms with Gasteiger partial charge in [-0.3, -0.25) is 19.8 Å². The Morgan fingerprint density at radius 2 is 2.04 bits per heavy atom. The second kappa shape index (κ2) is 9.76. The topological polar surface area (TPSA) is 89.9 Å². The molecule has 2 aromatic rings. The van der Waals surface area contributed by atoms with Crippen molar-refractivity contribution in [3.05, 3.63) is 56.7 Å². The van der Waals surface area contributed by atoms with Crippen molar-refractivity contribution in [1.82, 2.24) is 10.2 Å². The first-order valence-corrected chi connectivity index (χ1v) is 11.2. The van der Waals surface area contributed by atoms with Crippen molar-refractivity contribution in [3.8, 4) is 0 Å². The molecule has 2 aliphatic rings. The van der Waals surface area contributed by atoms with Gasteiger partial charge in [0.2, 0.25) is 0 Å². The van der Waals surface area contributed by atoms with Crippen molar-refractivity contribution < 1.29 is 19.8 Å². The average Bonchev–Trinajstić information content (AvgIpc) is 3.35. The molecule has 0 bridgehead atoms. The molecule has 0 saturated carbocycles. The number of benzene rings is 1. The van der Waals surface area contributed by atoms with E-state index in [1.807, 2.05) is 17.0 Å². The standard InChI is InChI=1S/C15H14ClNO2S.C4H7NO2S/c16-12-4-2-1-3-11(12)14(15(18)19)17-7-5-13-10(9-17)6-8-20-13;6-4(7)3-1-8-2-5-3/h1-4,6,8,14H,5,7,9H2,(H,18,19);3,5H,1-2H2,(H,6,7)/t14-;/m0./s1. The van der Waals surface area contributed by atoms with Gasteiger partial charge in [0.15, 0.2) is 0 Å². The van der Waals surface area contributed by atoms with Crippen LogP contribution in [-0.2, 0) is 22.6 Å². The average molecular weight is 441 g/mol. The minimum absolute atomic E-state index is 0.306. The van der Waals surface area contributed by atoms with Crippen LogP contribution in [0.2, 0.25) is 5.02 Å². The summed E-state index contributed by atoms with van der Waals surface area (Å²) >= 11 is 9.54. The Hall–Kier alpha value is -1.58. The second-order valence-corrected chi connectivity index (χ2v) is 8.90. The van der Waals surface area contributed by atoms with Gasteiger partial charge in [-0.2, -0.15) is 0 Å². The summed E-state index contributed by atoms with van der Waals surface area (Å²) in [5.41, 5.74) is 1.90. The maximum absolute atomic E-state index is 11.7. The number of carboxylic acids is 2. The lowest BCUT2D eigenvalue weighted by atomic mass is 10.0. The van der Waals surface area contributed by atoms with E-state index in [9.17, 15) is 14.7 Å². The van der Waals surface area contributed by atoms with Gasteiger partial charge in [0.25, 0.3) is 0 Å². The van der Waals surface area contributed by atoms with Gasteiger partial charge in [0.1, 0.15) is 12.1 Å². The number of thioether (sulfide) groups is 1. The molecule has 0 spiro atoms. The first-order valence-electron chi connectivity index (χ1n) is 8.78. The number of carbonyl (C=O) groups is 2. The molecular formula is C19H21ClN2O4S2. The monoisotopic (exact) mass is 440 g/mol. The molecule has 9 heteroatoms. The number of halogens is 1. The summed E-state index contributed by atoms with van der Waals surface area (Å²) in [7, 11) is 0. The van der Waals surface area contributed by atoms with E-state index in [2.05, 4.69) is 16.8 Å². The predicted molar refractivity (Wildman–Crippen MR) is 112 cm³/mol. The molecule has 2 aliphatic heterocycles. The SMILES string of the molecule is O=C(O)C1CSCN1.O=C(O)[C@H](c1ccccc1Cl)N1CCc2sccc2C1. The molecule has 28 heavy (non-hydrogen) atoms. The van der Waals surface area contributed by atoms with Crippen LogP contribution in [0.15, 0.2) is 35.7 Å². The van der Waals surface area contributed by atoms with Crippen LogP contribution in [0.4, 0.5) is 0 Å². The predicted octanol–water partition coefficient (Wildman–Crippen LogP) is 3.32. The molecule has 3 heterocycles. The van der Waals surface area contributed by atoms with Crippen molar-refractivity contribution in [2.45, 2.75) is 25.0 Å². The Morgan fingerprint density at radius 3 is 2.64 bits per heavy atom. The summed E-state index contributed by atoms with van der Waals surface area (Å²) in [6.07, 6.45) is 0.904. The number of rotatable bonds is 4. The lowest BCUT2D eigenvalue weighted by Crippen LogP contribution is -2.37. The molecule has 1 aromatic carbocycles. The fourth-order valence-electron chi connectivity index (χ4n) is 3.23. The van der Waals surface area contributed by atoms with Gasteiger partial charge in [-0.1, -0.05) is 29.8 Å². The summed E-state index contributed by atoms with van der Waals surface area (Å²) in [5, 5.41) is 23.3. The Morgan fingerprint density at radius 1 is 1.25 bits per heavy atom. The third kappa shape index (κ3) is 5.07. The van der Waals surface area contributed by atoms with E-state index in [0.717, 1.165) is 18.8 Å². The molecule has 4 rings (SSSR count). The highest BCUT2D eigenvalue weighted by Gasteiger charge is 2.31. The minimum Gasteiger partial charge on any atom is -0.480 e. The van der Waals surface area contributed by atoms with E-state index in [1.165, 1.54) is 10.4 Å². The van der Waals surface area contributed by atoms with Crippen molar-refractivity contribution in [2.24, 2.45) is 0 Å². The third-order valence-corrected chi connectivity index (χ3v) is 6.96. The summed E-state index contributed by atoms with van der Waals surface area (Å²) in [4.78, 5) is 25.2. The summed E-state index contributed by atoms with van der Waals surface area (Å²) in [5.74, 6) is -0.112. The number of nitrogens with zero attached hydrogens (tertiary/aromatic N) is 1. The van der Waals surface area contributed by atoms with Crippen molar-refractivity contribution >= 4 is 46.6 Å². The van der Waals surface area contributed by atoms with Gasteiger partial charge >= 0.3 is 11.9 Å². The number of carboxylic acid groups (broad SMARTS) is 2. The zero-order chi connectivity index (χ0) is 20.1.